The summed E-state index contributed by atoms with van der Waals surface area (Å²) in [6.07, 6.45) is 0.285. The molecule has 2 aromatic carbocycles. The summed E-state index contributed by atoms with van der Waals surface area (Å²) in [5.41, 5.74) is 3.00. The minimum atomic E-state index is -0.268. The number of carbonyl (C=O) groups excluding carboxylic acids is 2. The van der Waals surface area contributed by atoms with Gasteiger partial charge in [-0.15, -0.1) is 11.3 Å². The van der Waals surface area contributed by atoms with Crippen molar-refractivity contribution in [3.05, 3.63) is 69.5 Å². The Hall–Kier alpha value is -2.55. The van der Waals surface area contributed by atoms with Gasteiger partial charge in [0, 0.05) is 60.2 Å². The van der Waals surface area contributed by atoms with E-state index in [-0.39, 0.29) is 24.2 Å². The Morgan fingerprint density at radius 1 is 1.06 bits per heavy atom. The Kier molecular flexibility index (Phi) is 6.57. The van der Waals surface area contributed by atoms with Crippen molar-refractivity contribution in [3.8, 4) is 11.3 Å². The number of nitrogens with zero attached hydrogens (tertiary/aromatic N) is 4. The average molecular weight is 525 g/mol. The van der Waals surface area contributed by atoms with E-state index in [9.17, 15) is 9.59 Å². The summed E-state index contributed by atoms with van der Waals surface area (Å²) in [5, 5.41) is 3.21. The highest BCUT2D eigenvalue weighted by atomic mass is 79.9. The fourth-order valence-electron chi connectivity index (χ4n) is 4.47. The molecular weight excluding hydrogens is 500 g/mol. The van der Waals surface area contributed by atoms with Crippen LogP contribution in [0.4, 0.5) is 5.69 Å². The summed E-state index contributed by atoms with van der Waals surface area (Å²) in [7, 11) is 0. The number of amides is 2. The highest BCUT2D eigenvalue weighted by Crippen LogP contribution is 2.29. The van der Waals surface area contributed by atoms with Crippen LogP contribution in [0.5, 0.6) is 0 Å². The van der Waals surface area contributed by atoms with E-state index in [1.54, 1.807) is 16.2 Å². The minimum Gasteiger partial charge on any atom is -0.340 e. The average Bonchev–Trinajstić information content (AvgIpc) is 3.46. The molecule has 2 aliphatic rings. The van der Waals surface area contributed by atoms with Crippen molar-refractivity contribution in [3.63, 3.8) is 0 Å². The van der Waals surface area contributed by atoms with E-state index in [0.717, 1.165) is 46.1 Å². The van der Waals surface area contributed by atoms with Gasteiger partial charge in [0.25, 0.3) is 0 Å². The van der Waals surface area contributed by atoms with Crippen molar-refractivity contribution >= 4 is 44.8 Å². The van der Waals surface area contributed by atoms with Crippen LogP contribution in [-0.2, 0) is 16.1 Å². The molecule has 8 heteroatoms. The molecule has 3 heterocycles. The Bertz CT molecular complexity index is 1140. The maximum atomic E-state index is 13.1. The van der Waals surface area contributed by atoms with Gasteiger partial charge in [-0.25, -0.2) is 4.98 Å². The third-order valence-corrected chi connectivity index (χ3v) is 7.59. The molecule has 2 aliphatic heterocycles. The number of rotatable bonds is 5. The van der Waals surface area contributed by atoms with Crippen molar-refractivity contribution in [1.29, 1.82) is 0 Å². The van der Waals surface area contributed by atoms with Gasteiger partial charge in [-0.3, -0.25) is 14.5 Å². The molecule has 6 nitrogen and oxygen atoms in total. The summed E-state index contributed by atoms with van der Waals surface area (Å²) < 4.78 is 0.926. The Balaban J connectivity index is 1.14. The van der Waals surface area contributed by atoms with Crippen LogP contribution in [0.3, 0.4) is 0 Å². The predicted molar refractivity (Wildman–Crippen MR) is 134 cm³/mol. The van der Waals surface area contributed by atoms with E-state index >= 15 is 0 Å². The maximum Gasteiger partial charge on any atom is 0.228 e. The van der Waals surface area contributed by atoms with Crippen LogP contribution in [0, 0.1) is 5.92 Å². The van der Waals surface area contributed by atoms with Gasteiger partial charge < -0.3 is 9.80 Å². The molecule has 1 atom stereocenters. The van der Waals surface area contributed by atoms with Gasteiger partial charge in [-0.05, 0) is 18.2 Å². The van der Waals surface area contributed by atoms with Crippen molar-refractivity contribution < 1.29 is 9.59 Å². The quantitative estimate of drug-likeness (QED) is 0.500. The number of piperazine rings is 1. The zero-order chi connectivity index (χ0) is 22.8. The Labute approximate surface area is 206 Å². The molecule has 170 valence electrons. The van der Waals surface area contributed by atoms with Crippen LogP contribution < -0.4 is 4.90 Å². The molecule has 0 bridgehead atoms. The highest BCUT2D eigenvalue weighted by molar-refractivity contribution is 9.10. The molecule has 0 N–H and O–H groups in total. The maximum absolute atomic E-state index is 13.1. The molecule has 2 saturated heterocycles. The number of aromatic nitrogens is 1. The first kappa shape index (κ1) is 22.3. The number of hydrogen-bond donors (Lipinski definition) is 0. The SMILES string of the molecule is O=C(C1CC(=O)N(c2cccc(Br)c2)C1)N1CCN(Cc2nc(-c3ccccc3)cs2)CC1. The third kappa shape index (κ3) is 5.03. The summed E-state index contributed by atoms with van der Waals surface area (Å²) in [4.78, 5) is 36.5. The predicted octanol–water partition coefficient (Wildman–Crippen LogP) is 4.27. The molecule has 33 heavy (non-hydrogen) atoms. The summed E-state index contributed by atoms with van der Waals surface area (Å²) in [5.74, 6) is -0.153. The lowest BCUT2D eigenvalue weighted by atomic mass is 10.1. The van der Waals surface area contributed by atoms with Crippen LogP contribution in [0.15, 0.2) is 64.5 Å². The number of anilines is 1. The fourth-order valence-corrected chi connectivity index (χ4v) is 5.70. The molecular formula is C25H25BrN4O2S. The largest absolute Gasteiger partial charge is 0.340 e. The Morgan fingerprint density at radius 3 is 2.61 bits per heavy atom. The number of thiazole rings is 1. The molecule has 0 saturated carbocycles. The molecule has 1 unspecified atom stereocenters. The van der Waals surface area contributed by atoms with E-state index in [4.69, 9.17) is 4.98 Å². The van der Waals surface area contributed by atoms with E-state index < -0.39 is 0 Å². The van der Waals surface area contributed by atoms with Gasteiger partial charge in [-0.2, -0.15) is 0 Å². The van der Waals surface area contributed by atoms with Crippen LogP contribution in [0.1, 0.15) is 11.4 Å². The van der Waals surface area contributed by atoms with Gasteiger partial charge in [-0.1, -0.05) is 52.3 Å². The van der Waals surface area contributed by atoms with E-state index in [2.05, 4.69) is 38.3 Å². The second-order valence-electron chi connectivity index (χ2n) is 8.48. The molecule has 5 rings (SSSR count). The molecule has 0 aliphatic carbocycles. The molecule has 0 radical (unpaired) electrons. The number of hydrogen-bond acceptors (Lipinski definition) is 5. The van der Waals surface area contributed by atoms with Gasteiger partial charge in [0.05, 0.1) is 18.2 Å². The van der Waals surface area contributed by atoms with Crippen LogP contribution in [0.2, 0.25) is 0 Å². The lowest BCUT2D eigenvalue weighted by molar-refractivity contribution is -0.137. The zero-order valence-electron chi connectivity index (χ0n) is 18.2. The lowest BCUT2D eigenvalue weighted by Crippen LogP contribution is -2.50. The first-order chi connectivity index (χ1) is 16.1. The summed E-state index contributed by atoms with van der Waals surface area (Å²) >= 11 is 5.14. The van der Waals surface area contributed by atoms with Crippen molar-refractivity contribution in [2.75, 3.05) is 37.6 Å². The van der Waals surface area contributed by atoms with Gasteiger partial charge in [0.15, 0.2) is 0 Å². The second-order valence-corrected chi connectivity index (χ2v) is 10.3. The first-order valence-corrected chi connectivity index (χ1v) is 12.8. The summed E-state index contributed by atoms with van der Waals surface area (Å²) in [6.45, 7) is 4.28. The number of halogens is 1. The fraction of sp³-hybridized carbons (Fsp3) is 0.320. The highest BCUT2D eigenvalue weighted by Gasteiger charge is 2.38. The third-order valence-electron chi connectivity index (χ3n) is 6.26. The van der Waals surface area contributed by atoms with Crippen LogP contribution in [-0.4, -0.2) is 59.3 Å². The number of carbonyl (C=O) groups is 2. The molecule has 2 fully saturated rings. The lowest BCUT2D eigenvalue weighted by Gasteiger charge is -2.35. The molecule has 3 aromatic rings. The molecule has 2 amide bonds. The standard InChI is InChI=1S/C25H25BrN4O2S/c26-20-7-4-8-21(14-20)30-15-19(13-24(30)31)25(32)29-11-9-28(10-12-29)16-23-27-22(17-33-23)18-5-2-1-3-6-18/h1-8,14,17,19H,9-13,15-16H2. The minimum absolute atomic E-state index is 0.0167. The smallest absolute Gasteiger partial charge is 0.228 e. The first-order valence-electron chi connectivity index (χ1n) is 11.1. The van der Waals surface area contributed by atoms with E-state index in [0.29, 0.717) is 19.6 Å². The normalized spacial score (nSPS) is 19.3. The van der Waals surface area contributed by atoms with Crippen molar-refractivity contribution in [2.45, 2.75) is 13.0 Å². The summed E-state index contributed by atoms with van der Waals surface area (Å²) in [6, 6.07) is 17.9. The number of benzene rings is 2. The van der Waals surface area contributed by atoms with E-state index in [1.165, 1.54) is 0 Å². The van der Waals surface area contributed by atoms with Crippen LogP contribution >= 0.6 is 27.3 Å². The monoisotopic (exact) mass is 524 g/mol. The van der Waals surface area contributed by atoms with E-state index in [1.807, 2.05) is 47.4 Å². The molecule has 1 aromatic heterocycles. The van der Waals surface area contributed by atoms with Crippen molar-refractivity contribution in [2.24, 2.45) is 5.92 Å². The Morgan fingerprint density at radius 2 is 1.85 bits per heavy atom. The van der Waals surface area contributed by atoms with Crippen LogP contribution in [0.25, 0.3) is 11.3 Å². The second kappa shape index (κ2) is 9.75. The van der Waals surface area contributed by atoms with Crippen molar-refractivity contribution in [1.82, 2.24) is 14.8 Å². The molecule has 0 spiro atoms. The van der Waals surface area contributed by atoms with Gasteiger partial charge in [0.1, 0.15) is 5.01 Å². The topological polar surface area (TPSA) is 56.8 Å². The van der Waals surface area contributed by atoms with Gasteiger partial charge in [0.2, 0.25) is 11.8 Å². The zero-order valence-corrected chi connectivity index (χ0v) is 20.6. The van der Waals surface area contributed by atoms with Gasteiger partial charge >= 0.3 is 0 Å².